The van der Waals surface area contributed by atoms with E-state index in [0.717, 1.165) is 6.08 Å². The van der Waals surface area contributed by atoms with Gasteiger partial charge in [-0.3, -0.25) is 4.79 Å². The number of carbonyl (C=O) groups is 2. The Morgan fingerprint density at radius 2 is 1.86 bits per heavy atom. The van der Waals surface area contributed by atoms with E-state index in [1.807, 2.05) is 0 Å². The van der Waals surface area contributed by atoms with Gasteiger partial charge in [0.15, 0.2) is 5.78 Å². The summed E-state index contributed by atoms with van der Waals surface area (Å²) >= 11 is 0. The summed E-state index contributed by atoms with van der Waals surface area (Å²) in [6.07, 6.45) is 0.832. The first-order valence-corrected chi connectivity index (χ1v) is 6.42. The van der Waals surface area contributed by atoms with E-state index in [-0.39, 0.29) is 6.61 Å². The third kappa shape index (κ3) is 5.66. The van der Waals surface area contributed by atoms with Crippen LogP contribution in [0.5, 0.6) is 5.75 Å². The third-order valence-electron chi connectivity index (χ3n) is 2.45. The van der Waals surface area contributed by atoms with Gasteiger partial charge in [-0.1, -0.05) is 0 Å². The predicted molar refractivity (Wildman–Crippen MR) is 75.5 cm³/mol. The molecule has 1 rings (SSSR count). The first-order valence-electron chi connectivity index (χ1n) is 6.42. The number of esters is 1. The van der Waals surface area contributed by atoms with E-state index in [2.05, 4.69) is 4.74 Å². The Bertz CT molecular complexity index is 503. The van der Waals surface area contributed by atoms with Crippen LogP contribution in [0.3, 0.4) is 0 Å². The molecule has 6 nitrogen and oxygen atoms in total. The lowest BCUT2D eigenvalue weighted by atomic mass is 10.1. The van der Waals surface area contributed by atoms with Crippen molar-refractivity contribution in [2.24, 2.45) is 0 Å². The molecule has 6 heteroatoms. The maximum absolute atomic E-state index is 11.8. The van der Waals surface area contributed by atoms with Crippen molar-refractivity contribution in [1.29, 1.82) is 0 Å². The Hall–Kier alpha value is -2.34. The standard InChI is InChI=1S/C15H18O6/c1-3-20-15(18)14(17)10-13(16)11-4-6-12(7-5-11)21-9-8-19-2/h4-7,10,17H,3,8-9H2,1-2H3. The van der Waals surface area contributed by atoms with Crippen molar-refractivity contribution < 1.29 is 28.9 Å². The second kappa shape index (κ2) is 8.76. The van der Waals surface area contributed by atoms with Gasteiger partial charge in [0, 0.05) is 18.7 Å². The fraction of sp³-hybridized carbons (Fsp3) is 0.333. The highest BCUT2D eigenvalue weighted by atomic mass is 16.5. The lowest BCUT2D eigenvalue weighted by Crippen LogP contribution is -2.09. The molecular weight excluding hydrogens is 276 g/mol. The fourth-order valence-corrected chi connectivity index (χ4v) is 1.43. The van der Waals surface area contributed by atoms with Crippen molar-refractivity contribution in [3.63, 3.8) is 0 Å². The summed E-state index contributed by atoms with van der Waals surface area (Å²) in [4.78, 5) is 23.0. The molecule has 0 unspecified atom stereocenters. The van der Waals surface area contributed by atoms with E-state index in [4.69, 9.17) is 9.47 Å². The van der Waals surface area contributed by atoms with Gasteiger partial charge in [0.25, 0.3) is 0 Å². The molecule has 1 N–H and O–H groups in total. The molecule has 0 radical (unpaired) electrons. The highest BCUT2D eigenvalue weighted by Gasteiger charge is 2.12. The summed E-state index contributed by atoms with van der Waals surface area (Å²) in [7, 11) is 1.58. The molecule has 1 aromatic carbocycles. The summed E-state index contributed by atoms with van der Waals surface area (Å²) in [5, 5.41) is 9.41. The van der Waals surface area contributed by atoms with Crippen LogP contribution in [0, 0.1) is 0 Å². The van der Waals surface area contributed by atoms with E-state index in [9.17, 15) is 14.7 Å². The highest BCUT2D eigenvalue weighted by molar-refractivity contribution is 6.07. The summed E-state index contributed by atoms with van der Waals surface area (Å²) in [5.74, 6) is -1.54. The molecule has 0 aliphatic heterocycles. The minimum Gasteiger partial charge on any atom is -0.502 e. The molecule has 0 heterocycles. The van der Waals surface area contributed by atoms with Crippen LogP contribution in [-0.4, -0.2) is 43.8 Å². The van der Waals surface area contributed by atoms with Crippen molar-refractivity contribution in [3.05, 3.63) is 41.7 Å². The molecule has 0 saturated heterocycles. The maximum atomic E-state index is 11.8. The monoisotopic (exact) mass is 294 g/mol. The van der Waals surface area contributed by atoms with E-state index < -0.39 is 17.5 Å². The van der Waals surface area contributed by atoms with Crippen molar-refractivity contribution in [1.82, 2.24) is 0 Å². The van der Waals surface area contributed by atoms with Gasteiger partial charge in [-0.15, -0.1) is 0 Å². The molecule has 0 bridgehead atoms. The van der Waals surface area contributed by atoms with E-state index in [0.29, 0.717) is 24.5 Å². The summed E-state index contributed by atoms with van der Waals surface area (Å²) in [6.45, 7) is 2.61. The molecule has 1 aromatic rings. The van der Waals surface area contributed by atoms with Crippen molar-refractivity contribution >= 4 is 11.8 Å². The molecule has 0 amide bonds. The van der Waals surface area contributed by atoms with E-state index in [1.54, 1.807) is 38.3 Å². The quantitative estimate of drug-likeness (QED) is 0.259. The van der Waals surface area contributed by atoms with Gasteiger partial charge in [-0.2, -0.15) is 0 Å². The molecule has 0 saturated carbocycles. The molecule has 0 fully saturated rings. The van der Waals surface area contributed by atoms with Crippen molar-refractivity contribution in [3.8, 4) is 5.75 Å². The number of methoxy groups -OCH3 is 1. The van der Waals surface area contributed by atoms with E-state index >= 15 is 0 Å². The van der Waals surface area contributed by atoms with Crippen LogP contribution in [0.25, 0.3) is 0 Å². The Morgan fingerprint density at radius 1 is 1.19 bits per heavy atom. The van der Waals surface area contributed by atoms with Crippen LogP contribution >= 0.6 is 0 Å². The lowest BCUT2D eigenvalue weighted by molar-refractivity contribution is -0.141. The minimum absolute atomic E-state index is 0.123. The van der Waals surface area contributed by atoms with Crippen LogP contribution in [0.15, 0.2) is 36.1 Å². The van der Waals surface area contributed by atoms with Gasteiger partial charge >= 0.3 is 5.97 Å². The second-order valence-electron chi connectivity index (χ2n) is 3.98. The van der Waals surface area contributed by atoms with Gasteiger partial charge in [-0.25, -0.2) is 4.79 Å². The van der Waals surface area contributed by atoms with Crippen molar-refractivity contribution in [2.75, 3.05) is 26.9 Å². The Morgan fingerprint density at radius 3 is 2.43 bits per heavy atom. The number of carbonyl (C=O) groups excluding carboxylic acids is 2. The molecule has 0 atom stereocenters. The number of hydrogen-bond acceptors (Lipinski definition) is 6. The predicted octanol–water partition coefficient (Wildman–Crippen LogP) is 1.90. The Kier molecular flexibility index (Phi) is 6.97. The number of aliphatic hydroxyl groups is 1. The van der Waals surface area contributed by atoms with Crippen LogP contribution in [0.2, 0.25) is 0 Å². The first kappa shape index (κ1) is 16.7. The fourth-order valence-electron chi connectivity index (χ4n) is 1.43. The molecule has 0 aliphatic carbocycles. The largest absolute Gasteiger partial charge is 0.502 e. The molecule has 21 heavy (non-hydrogen) atoms. The summed E-state index contributed by atoms with van der Waals surface area (Å²) in [5.41, 5.74) is 0.324. The topological polar surface area (TPSA) is 82.1 Å². The normalized spacial score (nSPS) is 11.0. The molecule has 0 aliphatic rings. The number of ketones is 1. The van der Waals surface area contributed by atoms with Gasteiger partial charge in [-0.05, 0) is 31.2 Å². The van der Waals surface area contributed by atoms with Crippen LogP contribution in [0.4, 0.5) is 0 Å². The van der Waals surface area contributed by atoms with E-state index in [1.165, 1.54) is 0 Å². The zero-order chi connectivity index (χ0) is 15.7. The third-order valence-corrected chi connectivity index (χ3v) is 2.45. The zero-order valence-corrected chi connectivity index (χ0v) is 12.0. The van der Waals surface area contributed by atoms with Gasteiger partial charge in [0.2, 0.25) is 5.76 Å². The van der Waals surface area contributed by atoms with Crippen LogP contribution in [-0.2, 0) is 14.3 Å². The first-order chi connectivity index (χ1) is 10.1. The van der Waals surface area contributed by atoms with Crippen molar-refractivity contribution in [2.45, 2.75) is 6.92 Å². The number of ether oxygens (including phenoxy) is 3. The van der Waals surface area contributed by atoms with Gasteiger partial charge in [0.05, 0.1) is 13.2 Å². The minimum atomic E-state index is -0.926. The summed E-state index contributed by atoms with van der Waals surface area (Å²) in [6, 6.07) is 6.33. The lowest BCUT2D eigenvalue weighted by Gasteiger charge is -2.05. The Balaban J connectivity index is 2.66. The molecule has 114 valence electrons. The van der Waals surface area contributed by atoms with Crippen LogP contribution in [0.1, 0.15) is 17.3 Å². The smallest absolute Gasteiger partial charge is 0.373 e. The molecule has 0 aromatic heterocycles. The number of hydrogen-bond donors (Lipinski definition) is 1. The average Bonchev–Trinajstić information content (AvgIpc) is 2.48. The zero-order valence-electron chi connectivity index (χ0n) is 12.0. The average molecular weight is 294 g/mol. The number of rotatable bonds is 8. The van der Waals surface area contributed by atoms with Crippen LogP contribution < -0.4 is 4.74 Å². The maximum Gasteiger partial charge on any atom is 0.373 e. The summed E-state index contributed by atoms with van der Waals surface area (Å²) < 4.78 is 14.8. The number of benzene rings is 1. The molecule has 0 spiro atoms. The number of aliphatic hydroxyl groups excluding tert-OH is 1. The SMILES string of the molecule is CCOC(=O)C(O)=CC(=O)c1ccc(OCCOC)cc1. The van der Waals surface area contributed by atoms with Gasteiger partial charge in [0.1, 0.15) is 12.4 Å². The molecular formula is C15H18O6. The highest BCUT2D eigenvalue weighted by Crippen LogP contribution is 2.13. The number of allylic oxidation sites excluding steroid dienone is 1. The Labute approximate surface area is 122 Å². The van der Waals surface area contributed by atoms with Gasteiger partial charge < -0.3 is 19.3 Å². The second-order valence-corrected chi connectivity index (χ2v) is 3.98.